The first kappa shape index (κ1) is 22.5. The Hall–Kier alpha value is -2.65. The van der Waals surface area contributed by atoms with Gasteiger partial charge in [-0.25, -0.2) is 9.78 Å². The predicted molar refractivity (Wildman–Crippen MR) is 125 cm³/mol. The topological polar surface area (TPSA) is 101 Å². The van der Waals surface area contributed by atoms with Crippen molar-refractivity contribution in [3.63, 3.8) is 0 Å². The Labute approximate surface area is 194 Å². The molecule has 0 spiro atoms. The van der Waals surface area contributed by atoms with Crippen LogP contribution in [0.25, 0.3) is 16.7 Å². The minimum Gasteiger partial charge on any atom is -0.465 e. The van der Waals surface area contributed by atoms with Gasteiger partial charge in [-0.2, -0.15) is 0 Å². The number of fused-ring (bicyclic) bond motifs is 1. The minimum absolute atomic E-state index is 0.0617. The van der Waals surface area contributed by atoms with Gasteiger partial charge in [0.15, 0.2) is 5.65 Å². The van der Waals surface area contributed by atoms with Crippen LogP contribution in [0, 0.1) is 11.3 Å². The quantitative estimate of drug-likeness (QED) is 0.568. The third kappa shape index (κ3) is 4.06. The van der Waals surface area contributed by atoms with Crippen LogP contribution in [-0.2, 0) is 6.54 Å². The first-order valence-electron chi connectivity index (χ1n) is 10.5. The number of nitrogens with zero attached hydrogens (tertiary/aromatic N) is 4. The van der Waals surface area contributed by atoms with Crippen molar-refractivity contribution in [2.75, 3.05) is 13.1 Å². The maximum Gasteiger partial charge on any atom is 0.407 e. The summed E-state index contributed by atoms with van der Waals surface area (Å²) in [6.45, 7) is 6.45. The number of hydrogen-bond donors (Lipinski definition) is 2. The summed E-state index contributed by atoms with van der Waals surface area (Å²) in [6.07, 6.45) is 2.55. The molecule has 1 aliphatic rings. The summed E-state index contributed by atoms with van der Waals surface area (Å²) >= 11 is 3.47. The lowest BCUT2D eigenvalue weighted by Gasteiger charge is -2.49. The molecule has 1 aliphatic heterocycles. The van der Waals surface area contributed by atoms with E-state index >= 15 is 0 Å². The van der Waals surface area contributed by atoms with E-state index in [-0.39, 0.29) is 42.9 Å². The van der Waals surface area contributed by atoms with Crippen LogP contribution in [0.15, 0.2) is 52.1 Å². The van der Waals surface area contributed by atoms with Gasteiger partial charge in [0.05, 0.1) is 17.5 Å². The van der Waals surface area contributed by atoms with Crippen molar-refractivity contribution in [2.45, 2.75) is 39.3 Å². The summed E-state index contributed by atoms with van der Waals surface area (Å²) in [5, 5.41) is 21.5. The van der Waals surface area contributed by atoms with E-state index < -0.39 is 11.7 Å². The summed E-state index contributed by atoms with van der Waals surface area (Å²) < 4.78 is 4.22. The van der Waals surface area contributed by atoms with E-state index in [1.807, 2.05) is 55.8 Å². The Bertz CT molecular complexity index is 1230. The van der Waals surface area contributed by atoms with Crippen molar-refractivity contribution in [3.8, 4) is 5.69 Å². The van der Waals surface area contributed by atoms with E-state index in [9.17, 15) is 19.8 Å². The Morgan fingerprint density at radius 3 is 2.72 bits per heavy atom. The first-order chi connectivity index (χ1) is 15.0. The van der Waals surface area contributed by atoms with E-state index in [0.717, 1.165) is 10.2 Å². The van der Waals surface area contributed by atoms with E-state index in [2.05, 4.69) is 20.9 Å². The highest BCUT2D eigenvalue weighted by molar-refractivity contribution is 9.10. The molecule has 2 unspecified atom stereocenters. The highest BCUT2D eigenvalue weighted by Gasteiger charge is 2.48. The maximum atomic E-state index is 13.3. The Morgan fingerprint density at radius 2 is 2.06 bits per heavy atom. The highest BCUT2D eigenvalue weighted by atomic mass is 79.9. The zero-order chi connectivity index (χ0) is 23.3. The summed E-state index contributed by atoms with van der Waals surface area (Å²) in [6, 6.07) is 9.46. The van der Waals surface area contributed by atoms with E-state index in [4.69, 9.17) is 0 Å². The van der Waals surface area contributed by atoms with Crippen LogP contribution < -0.4 is 5.56 Å². The zero-order valence-corrected chi connectivity index (χ0v) is 19.9. The second-order valence-corrected chi connectivity index (χ2v) is 10.5. The van der Waals surface area contributed by atoms with Gasteiger partial charge < -0.3 is 19.7 Å². The third-order valence-corrected chi connectivity index (χ3v) is 6.88. The van der Waals surface area contributed by atoms with Gasteiger partial charge in [-0.3, -0.25) is 9.36 Å². The molecule has 0 bridgehead atoms. The predicted octanol–water partition coefficient (Wildman–Crippen LogP) is 3.73. The smallest absolute Gasteiger partial charge is 0.407 e. The Kier molecular flexibility index (Phi) is 5.67. The Morgan fingerprint density at radius 1 is 1.31 bits per heavy atom. The van der Waals surface area contributed by atoms with Crippen molar-refractivity contribution in [1.29, 1.82) is 0 Å². The number of hydrogen-bond acceptors (Lipinski definition) is 4. The standard InChI is InChI=1S/C23H27BrN4O4/c1-22(2,3)18-12-26(21(30)31)10-8-23(18,32)13-27-14-25-19-17(20(27)29)7-9-28(19)16-6-4-5-15(24)11-16/h4-7,9,11,14,18,32H,8,10,12-13H2,1-3H3,(H,30,31). The molecule has 4 rings (SSSR count). The fourth-order valence-electron chi connectivity index (χ4n) is 4.72. The molecule has 32 heavy (non-hydrogen) atoms. The van der Waals surface area contributed by atoms with Gasteiger partial charge in [-0.05, 0) is 36.1 Å². The average Bonchev–Trinajstić information content (AvgIpc) is 3.14. The van der Waals surface area contributed by atoms with Crippen LogP contribution in [-0.4, -0.2) is 54.0 Å². The van der Waals surface area contributed by atoms with E-state index in [1.54, 1.807) is 6.07 Å². The van der Waals surface area contributed by atoms with Crippen molar-refractivity contribution in [2.24, 2.45) is 11.3 Å². The molecule has 3 aromatic rings. The summed E-state index contributed by atoms with van der Waals surface area (Å²) in [5.74, 6) is -0.339. The molecule has 0 saturated carbocycles. The number of likely N-dealkylation sites (tertiary alicyclic amines) is 1. The fourth-order valence-corrected chi connectivity index (χ4v) is 5.11. The van der Waals surface area contributed by atoms with Gasteiger partial charge >= 0.3 is 6.09 Å². The zero-order valence-electron chi connectivity index (χ0n) is 18.3. The molecule has 1 aromatic carbocycles. The molecule has 2 N–H and O–H groups in total. The second-order valence-electron chi connectivity index (χ2n) is 9.58. The average molecular weight is 503 g/mol. The lowest BCUT2D eigenvalue weighted by atomic mass is 9.67. The summed E-state index contributed by atoms with van der Waals surface area (Å²) in [4.78, 5) is 30.7. The molecule has 9 heteroatoms. The number of carbonyl (C=O) groups is 1. The third-order valence-electron chi connectivity index (χ3n) is 6.38. The van der Waals surface area contributed by atoms with Gasteiger partial charge in [-0.15, -0.1) is 0 Å². The molecule has 0 radical (unpaired) electrons. The number of benzene rings is 1. The monoisotopic (exact) mass is 502 g/mol. The largest absolute Gasteiger partial charge is 0.465 e. The van der Waals surface area contributed by atoms with E-state index in [0.29, 0.717) is 11.0 Å². The molecule has 1 saturated heterocycles. The van der Waals surface area contributed by atoms with Gasteiger partial charge in [0, 0.05) is 35.4 Å². The van der Waals surface area contributed by atoms with Gasteiger partial charge in [0.25, 0.3) is 5.56 Å². The minimum atomic E-state index is -1.23. The summed E-state index contributed by atoms with van der Waals surface area (Å²) in [5.41, 5.74) is -0.383. The van der Waals surface area contributed by atoms with Crippen LogP contribution in [0.2, 0.25) is 0 Å². The number of piperidine rings is 1. The van der Waals surface area contributed by atoms with Crippen molar-refractivity contribution >= 4 is 33.1 Å². The lowest BCUT2D eigenvalue weighted by Crippen LogP contribution is -2.59. The fraction of sp³-hybridized carbons (Fsp3) is 0.435. The maximum absolute atomic E-state index is 13.3. The van der Waals surface area contributed by atoms with Gasteiger partial charge in [0.1, 0.15) is 6.33 Å². The number of aromatic nitrogens is 3. The van der Waals surface area contributed by atoms with Crippen molar-refractivity contribution in [1.82, 2.24) is 19.0 Å². The molecule has 1 fully saturated rings. The number of rotatable bonds is 3. The number of amides is 1. The van der Waals surface area contributed by atoms with Crippen LogP contribution in [0.1, 0.15) is 27.2 Å². The number of halogens is 1. The number of carboxylic acid groups (broad SMARTS) is 1. The van der Waals surface area contributed by atoms with Gasteiger partial charge in [0.2, 0.25) is 0 Å². The van der Waals surface area contributed by atoms with Crippen LogP contribution in [0.4, 0.5) is 4.79 Å². The van der Waals surface area contributed by atoms with Crippen molar-refractivity contribution in [3.05, 3.63) is 57.7 Å². The molecule has 0 aliphatic carbocycles. The first-order valence-corrected chi connectivity index (χ1v) is 11.3. The molecular formula is C23H27BrN4O4. The molecule has 170 valence electrons. The van der Waals surface area contributed by atoms with E-state index in [1.165, 1.54) is 15.8 Å². The molecular weight excluding hydrogens is 476 g/mol. The summed E-state index contributed by atoms with van der Waals surface area (Å²) in [7, 11) is 0. The second kappa shape index (κ2) is 8.04. The molecule has 2 aromatic heterocycles. The lowest BCUT2D eigenvalue weighted by molar-refractivity contribution is -0.114. The molecule has 2 atom stereocenters. The normalized spacial score (nSPS) is 21.8. The Balaban J connectivity index is 1.70. The number of aliphatic hydroxyl groups is 1. The van der Waals surface area contributed by atoms with Crippen LogP contribution in [0.5, 0.6) is 0 Å². The molecule has 1 amide bonds. The molecule has 8 nitrogen and oxygen atoms in total. The molecule has 3 heterocycles. The van der Waals surface area contributed by atoms with Gasteiger partial charge in [-0.1, -0.05) is 42.8 Å². The van der Waals surface area contributed by atoms with Crippen LogP contribution in [0.3, 0.4) is 0 Å². The highest BCUT2D eigenvalue weighted by Crippen LogP contribution is 2.41. The SMILES string of the molecule is CC(C)(C)C1CN(C(=O)O)CCC1(O)Cn1cnc2c(ccn2-c2cccc(Br)c2)c1=O. The van der Waals surface area contributed by atoms with Crippen molar-refractivity contribution < 1.29 is 15.0 Å². The van der Waals surface area contributed by atoms with Crippen LogP contribution >= 0.6 is 15.9 Å².